The zero-order chi connectivity index (χ0) is 12.6. The number of halogens is 3. The average Bonchev–Trinajstić information content (AvgIpc) is 2.49. The summed E-state index contributed by atoms with van der Waals surface area (Å²) in [5.74, 6) is -0.449. The van der Waals surface area contributed by atoms with E-state index in [1.807, 2.05) is 6.92 Å². The van der Waals surface area contributed by atoms with Crippen LogP contribution >= 0.6 is 0 Å². The molecule has 1 aliphatic heterocycles. The number of hydrogen-bond acceptors (Lipinski definition) is 2. The van der Waals surface area contributed by atoms with Gasteiger partial charge in [-0.1, -0.05) is 17.7 Å². The number of alkyl halides is 3. The molecule has 0 aromatic heterocycles. The van der Waals surface area contributed by atoms with Crippen molar-refractivity contribution in [2.24, 2.45) is 0 Å². The lowest BCUT2D eigenvalue weighted by atomic mass is 10.1. The van der Waals surface area contributed by atoms with Crippen molar-refractivity contribution >= 4 is 11.6 Å². The van der Waals surface area contributed by atoms with Gasteiger partial charge in [0, 0.05) is 11.3 Å². The Kier molecular flexibility index (Phi) is 2.82. The van der Waals surface area contributed by atoms with Gasteiger partial charge in [-0.15, -0.1) is 0 Å². The molecule has 1 aromatic carbocycles. The highest BCUT2D eigenvalue weighted by molar-refractivity contribution is 6.02. The topological polar surface area (TPSA) is 41.1 Å². The molecule has 1 unspecified atom stereocenters. The lowest BCUT2D eigenvalue weighted by molar-refractivity contribution is -0.129. The minimum atomic E-state index is -4.33. The van der Waals surface area contributed by atoms with Gasteiger partial charge in [0.2, 0.25) is 5.91 Å². The van der Waals surface area contributed by atoms with Crippen LogP contribution in [0.15, 0.2) is 18.2 Å². The van der Waals surface area contributed by atoms with E-state index >= 15 is 0 Å². The normalized spacial score (nSPS) is 19.1. The molecule has 1 heterocycles. The van der Waals surface area contributed by atoms with Crippen LogP contribution in [-0.2, 0) is 4.79 Å². The van der Waals surface area contributed by atoms with Crippen molar-refractivity contribution < 1.29 is 18.0 Å². The fourth-order valence-corrected chi connectivity index (χ4v) is 1.80. The Morgan fingerprint density at radius 2 is 2.12 bits per heavy atom. The monoisotopic (exact) mass is 244 g/mol. The fourth-order valence-electron chi connectivity index (χ4n) is 1.80. The van der Waals surface area contributed by atoms with E-state index in [1.165, 1.54) is 0 Å². The standard InChI is InChI=1S/C11H11F3N2O/c1-6-2-3-8-7(4-6)9(10(17)16-8)15-5-11(12,13)14/h2-4,9,15H,5H2,1H3,(H,16,17). The molecule has 1 aromatic rings. The third-order valence-corrected chi connectivity index (χ3v) is 2.54. The van der Waals surface area contributed by atoms with E-state index in [9.17, 15) is 18.0 Å². The predicted molar refractivity (Wildman–Crippen MR) is 56.6 cm³/mol. The van der Waals surface area contributed by atoms with Crippen LogP contribution in [0.4, 0.5) is 18.9 Å². The van der Waals surface area contributed by atoms with Gasteiger partial charge in [-0.25, -0.2) is 0 Å². The third kappa shape index (κ3) is 2.58. The Balaban J connectivity index is 2.19. The molecule has 0 bridgehead atoms. The molecule has 2 N–H and O–H groups in total. The zero-order valence-electron chi connectivity index (χ0n) is 9.06. The van der Waals surface area contributed by atoms with E-state index in [1.54, 1.807) is 18.2 Å². The minimum absolute atomic E-state index is 0.449. The molecule has 92 valence electrons. The van der Waals surface area contributed by atoms with Crippen molar-refractivity contribution in [3.63, 3.8) is 0 Å². The maximum atomic E-state index is 12.1. The van der Waals surface area contributed by atoms with Gasteiger partial charge in [-0.3, -0.25) is 10.1 Å². The van der Waals surface area contributed by atoms with Crippen LogP contribution in [0.1, 0.15) is 17.2 Å². The molecule has 3 nitrogen and oxygen atoms in total. The first-order valence-corrected chi connectivity index (χ1v) is 5.08. The third-order valence-electron chi connectivity index (χ3n) is 2.54. The number of aryl methyl sites for hydroxylation is 1. The molecule has 1 amide bonds. The predicted octanol–water partition coefficient (Wildman–Crippen LogP) is 2.14. The lowest BCUT2D eigenvalue weighted by Crippen LogP contribution is -2.35. The Morgan fingerprint density at radius 1 is 1.41 bits per heavy atom. The second kappa shape index (κ2) is 4.03. The molecule has 0 fully saturated rings. The van der Waals surface area contributed by atoms with Gasteiger partial charge in [0.1, 0.15) is 6.04 Å². The van der Waals surface area contributed by atoms with Crippen LogP contribution in [-0.4, -0.2) is 18.6 Å². The van der Waals surface area contributed by atoms with Gasteiger partial charge in [-0.05, 0) is 13.0 Å². The Bertz CT molecular complexity index is 457. The summed E-state index contributed by atoms with van der Waals surface area (Å²) in [6.45, 7) is 0.641. The summed E-state index contributed by atoms with van der Waals surface area (Å²) in [6.07, 6.45) is -4.33. The Hall–Kier alpha value is -1.56. The number of anilines is 1. The molecule has 0 aliphatic carbocycles. The van der Waals surface area contributed by atoms with E-state index in [2.05, 4.69) is 10.6 Å². The SMILES string of the molecule is Cc1ccc2c(c1)C(NCC(F)(F)F)C(=O)N2. The highest BCUT2D eigenvalue weighted by atomic mass is 19.4. The maximum Gasteiger partial charge on any atom is 0.401 e. The second-order valence-corrected chi connectivity index (χ2v) is 4.01. The molecular weight excluding hydrogens is 233 g/mol. The van der Waals surface area contributed by atoms with Crippen molar-refractivity contribution in [3.05, 3.63) is 29.3 Å². The maximum absolute atomic E-state index is 12.1. The summed E-state index contributed by atoms with van der Waals surface area (Å²) in [4.78, 5) is 11.5. The summed E-state index contributed by atoms with van der Waals surface area (Å²) in [5.41, 5.74) is 2.04. The first-order valence-electron chi connectivity index (χ1n) is 5.08. The molecular formula is C11H11F3N2O. The lowest BCUT2D eigenvalue weighted by Gasteiger charge is -2.13. The van der Waals surface area contributed by atoms with Gasteiger partial charge < -0.3 is 5.32 Å². The van der Waals surface area contributed by atoms with Crippen molar-refractivity contribution in [2.75, 3.05) is 11.9 Å². The number of nitrogens with one attached hydrogen (secondary N) is 2. The van der Waals surface area contributed by atoms with E-state index < -0.39 is 24.7 Å². The Labute approximate surface area is 96.0 Å². The highest BCUT2D eigenvalue weighted by Crippen LogP contribution is 2.31. The highest BCUT2D eigenvalue weighted by Gasteiger charge is 2.34. The number of fused-ring (bicyclic) bond motifs is 1. The summed E-state index contributed by atoms with van der Waals surface area (Å²) < 4.78 is 36.3. The van der Waals surface area contributed by atoms with Gasteiger partial charge in [0.05, 0.1) is 6.54 Å². The quantitative estimate of drug-likeness (QED) is 0.836. The molecule has 17 heavy (non-hydrogen) atoms. The van der Waals surface area contributed by atoms with Crippen LogP contribution < -0.4 is 10.6 Å². The molecule has 0 radical (unpaired) electrons. The van der Waals surface area contributed by atoms with E-state index in [4.69, 9.17) is 0 Å². The summed E-state index contributed by atoms with van der Waals surface area (Å²) in [6, 6.07) is 4.27. The number of carbonyl (C=O) groups excluding carboxylic acids is 1. The number of carbonyl (C=O) groups is 1. The van der Waals surface area contributed by atoms with Crippen LogP contribution in [0, 0.1) is 6.92 Å². The molecule has 1 atom stereocenters. The molecule has 6 heteroatoms. The van der Waals surface area contributed by atoms with E-state index in [-0.39, 0.29) is 0 Å². The molecule has 0 saturated heterocycles. The van der Waals surface area contributed by atoms with Crippen LogP contribution in [0.25, 0.3) is 0 Å². The first-order chi connectivity index (χ1) is 7.87. The Morgan fingerprint density at radius 3 is 2.76 bits per heavy atom. The number of hydrogen-bond donors (Lipinski definition) is 2. The average molecular weight is 244 g/mol. The molecule has 0 spiro atoms. The molecule has 0 saturated carbocycles. The van der Waals surface area contributed by atoms with E-state index in [0.717, 1.165) is 5.56 Å². The number of rotatable bonds is 2. The zero-order valence-corrected chi connectivity index (χ0v) is 9.06. The van der Waals surface area contributed by atoms with Gasteiger partial charge in [0.25, 0.3) is 0 Å². The summed E-state index contributed by atoms with van der Waals surface area (Å²) >= 11 is 0. The van der Waals surface area contributed by atoms with Gasteiger partial charge in [0.15, 0.2) is 0 Å². The number of benzene rings is 1. The summed E-state index contributed by atoms with van der Waals surface area (Å²) in [5, 5.41) is 4.76. The molecule has 2 rings (SSSR count). The summed E-state index contributed by atoms with van der Waals surface area (Å²) in [7, 11) is 0. The van der Waals surface area contributed by atoms with Crippen LogP contribution in [0.5, 0.6) is 0 Å². The first kappa shape index (κ1) is 11.9. The second-order valence-electron chi connectivity index (χ2n) is 4.01. The van der Waals surface area contributed by atoms with Crippen molar-refractivity contribution in [2.45, 2.75) is 19.1 Å². The number of amides is 1. The van der Waals surface area contributed by atoms with Crippen molar-refractivity contribution in [3.8, 4) is 0 Å². The van der Waals surface area contributed by atoms with E-state index in [0.29, 0.717) is 11.3 Å². The molecule has 1 aliphatic rings. The smallest absolute Gasteiger partial charge is 0.324 e. The minimum Gasteiger partial charge on any atom is -0.324 e. The largest absolute Gasteiger partial charge is 0.401 e. The van der Waals surface area contributed by atoms with Gasteiger partial charge in [-0.2, -0.15) is 13.2 Å². The van der Waals surface area contributed by atoms with Crippen LogP contribution in [0.2, 0.25) is 0 Å². The van der Waals surface area contributed by atoms with Gasteiger partial charge >= 0.3 is 6.18 Å². The fraction of sp³-hybridized carbons (Fsp3) is 0.364. The van der Waals surface area contributed by atoms with Crippen molar-refractivity contribution in [1.82, 2.24) is 5.32 Å². The van der Waals surface area contributed by atoms with Crippen LogP contribution in [0.3, 0.4) is 0 Å². The van der Waals surface area contributed by atoms with Crippen molar-refractivity contribution in [1.29, 1.82) is 0 Å².